The Balaban J connectivity index is 1.86. The lowest BCUT2D eigenvalue weighted by atomic mass is 9.91. The Bertz CT molecular complexity index is 1380. The van der Waals surface area contributed by atoms with Gasteiger partial charge in [-0.15, -0.1) is 0 Å². The molecule has 0 atom stereocenters. The number of alkyl halides is 2. The van der Waals surface area contributed by atoms with E-state index in [0.29, 0.717) is 28.0 Å². The average Bonchev–Trinajstić information content (AvgIpc) is 3.16. The Morgan fingerprint density at radius 1 is 1.16 bits per heavy atom. The second-order valence-corrected chi connectivity index (χ2v) is 8.05. The second-order valence-electron chi connectivity index (χ2n) is 8.05. The fourth-order valence-corrected chi connectivity index (χ4v) is 3.67. The van der Waals surface area contributed by atoms with Crippen LogP contribution in [-0.4, -0.2) is 24.3 Å². The number of anilines is 1. The molecular weight excluding hydrogens is 421 g/mol. The summed E-state index contributed by atoms with van der Waals surface area (Å²) in [5.41, 5.74) is -0.548. The highest BCUT2D eigenvalue weighted by Gasteiger charge is 2.29. The molecule has 0 radical (unpaired) electrons. The van der Waals surface area contributed by atoms with Crippen LogP contribution in [0.2, 0.25) is 0 Å². The van der Waals surface area contributed by atoms with Gasteiger partial charge < -0.3 is 5.32 Å². The lowest BCUT2D eigenvalue weighted by Gasteiger charge is -2.29. The van der Waals surface area contributed by atoms with E-state index in [1.165, 1.54) is 23.0 Å². The Hall–Kier alpha value is -3.69. The lowest BCUT2D eigenvalue weighted by Crippen LogP contribution is -2.30. The van der Waals surface area contributed by atoms with Crippen molar-refractivity contribution >= 4 is 16.7 Å². The first-order chi connectivity index (χ1) is 15.1. The van der Waals surface area contributed by atoms with Crippen LogP contribution in [0.5, 0.6) is 0 Å². The van der Waals surface area contributed by atoms with Crippen LogP contribution in [-0.2, 0) is 12.6 Å². The van der Waals surface area contributed by atoms with E-state index in [-0.39, 0.29) is 11.1 Å². The van der Waals surface area contributed by atoms with Crippen molar-refractivity contribution in [2.75, 3.05) is 5.32 Å². The molecule has 3 heterocycles. The zero-order valence-corrected chi connectivity index (χ0v) is 17.9. The third kappa shape index (κ3) is 3.61. The number of fused-ring (bicyclic) bond motifs is 1. The van der Waals surface area contributed by atoms with Gasteiger partial charge in [0.05, 0.1) is 33.9 Å². The number of benzene rings is 1. The van der Waals surface area contributed by atoms with Crippen molar-refractivity contribution < 1.29 is 13.2 Å². The van der Waals surface area contributed by atoms with Gasteiger partial charge in [-0.05, 0) is 20.8 Å². The minimum absolute atomic E-state index is 0.0689. The van der Waals surface area contributed by atoms with Gasteiger partial charge >= 0.3 is 0 Å². The summed E-state index contributed by atoms with van der Waals surface area (Å²) in [5, 5.41) is 7.77. The molecule has 0 fully saturated rings. The van der Waals surface area contributed by atoms with Crippen LogP contribution in [0.25, 0.3) is 16.6 Å². The molecule has 0 bridgehead atoms. The molecule has 4 rings (SSSR count). The van der Waals surface area contributed by atoms with Crippen LogP contribution in [0, 0.1) is 12.7 Å². The van der Waals surface area contributed by atoms with Crippen LogP contribution >= 0.6 is 0 Å². The van der Waals surface area contributed by atoms with Crippen LogP contribution in [0.1, 0.15) is 37.0 Å². The first-order valence-electron chi connectivity index (χ1n) is 9.81. The van der Waals surface area contributed by atoms with Gasteiger partial charge in [-0.2, -0.15) is 5.10 Å². The molecule has 166 valence electrons. The fraction of sp³-hybridized carbons (Fsp3) is 0.273. The van der Waals surface area contributed by atoms with Crippen molar-refractivity contribution in [1.29, 1.82) is 0 Å². The molecular formula is C22H21F3N6O. The summed E-state index contributed by atoms with van der Waals surface area (Å²) >= 11 is 0. The first kappa shape index (κ1) is 21.5. The van der Waals surface area contributed by atoms with Gasteiger partial charge in [0, 0.05) is 30.6 Å². The zero-order valence-electron chi connectivity index (χ0n) is 17.9. The number of pyridine rings is 1. The van der Waals surface area contributed by atoms with Crippen molar-refractivity contribution in [3.8, 4) is 5.69 Å². The molecule has 0 unspecified atom stereocenters. The number of rotatable bonds is 5. The summed E-state index contributed by atoms with van der Waals surface area (Å²) in [7, 11) is 1.74. The van der Waals surface area contributed by atoms with Gasteiger partial charge in [-0.1, -0.05) is 18.2 Å². The maximum atomic E-state index is 14.8. The molecule has 7 nitrogen and oxygen atoms in total. The SMILES string of the molecule is Cc1c(=O)n(-c2cnn(C)c2)cc2c(NC(C)(C)c3cccc(C(F)F)c3F)ncnc12. The van der Waals surface area contributed by atoms with Crippen molar-refractivity contribution in [3.05, 3.63) is 76.0 Å². The number of aromatic nitrogens is 5. The Kier molecular flexibility index (Phi) is 5.23. The minimum Gasteiger partial charge on any atom is -0.360 e. The van der Waals surface area contributed by atoms with Crippen LogP contribution in [0.15, 0.2) is 47.9 Å². The van der Waals surface area contributed by atoms with E-state index >= 15 is 0 Å². The normalized spacial score (nSPS) is 12.0. The van der Waals surface area contributed by atoms with Gasteiger partial charge in [0.1, 0.15) is 18.0 Å². The number of hydrogen-bond donors (Lipinski definition) is 1. The molecule has 1 N–H and O–H groups in total. The number of aryl methyl sites for hydroxylation is 2. The van der Waals surface area contributed by atoms with Gasteiger partial charge in [-0.3, -0.25) is 14.0 Å². The van der Waals surface area contributed by atoms with Gasteiger partial charge in [-0.25, -0.2) is 23.1 Å². The third-order valence-corrected chi connectivity index (χ3v) is 5.37. The maximum absolute atomic E-state index is 14.8. The smallest absolute Gasteiger partial charge is 0.266 e. The number of nitrogens with zero attached hydrogens (tertiary/aromatic N) is 5. The summed E-state index contributed by atoms with van der Waals surface area (Å²) in [5.74, 6) is -0.635. The molecule has 0 saturated carbocycles. The maximum Gasteiger partial charge on any atom is 0.266 e. The van der Waals surface area contributed by atoms with Crippen molar-refractivity contribution in [2.24, 2.45) is 7.05 Å². The largest absolute Gasteiger partial charge is 0.360 e. The molecule has 4 aromatic rings. The van der Waals surface area contributed by atoms with Crippen molar-refractivity contribution in [1.82, 2.24) is 24.3 Å². The lowest BCUT2D eigenvalue weighted by molar-refractivity contribution is 0.146. The summed E-state index contributed by atoms with van der Waals surface area (Å²) < 4.78 is 44.2. The first-order valence-corrected chi connectivity index (χ1v) is 9.81. The topological polar surface area (TPSA) is 77.6 Å². The highest BCUT2D eigenvalue weighted by Crippen LogP contribution is 2.33. The van der Waals surface area contributed by atoms with E-state index in [2.05, 4.69) is 20.4 Å². The quantitative estimate of drug-likeness (QED) is 0.500. The number of nitrogens with one attached hydrogen (secondary N) is 1. The van der Waals surface area contributed by atoms with Crippen molar-refractivity contribution in [3.63, 3.8) is 0 Å². The highest BCUT2D eigenvalue weighted by atomic mass is 19.3. The number of halogens is 3. The third-order valence-electron chi connectivity index (χ3n) is 5.37. The Morgan fingerprint density at radius 3 is 2.56 bits per heavy atom. The van der Waals surface area contributed by atoms with Crippen LogP contribution in [0.4, 0.5) is 19.0 Å². The summed E-state index contributed by atoms with van der Waals surface area (Å²) in [6.45, 7) is 4.99. The van der Waals surface area contributed by atoms with Crippen LogP contribution < -0.4 is 10.9 Å². The van der Waals surface area contributed by atoms with E-state index in [0.717, 1.165) is 6.07 Å². The minimum atomic E-state index is -2.93. The van der Waals surface area contributed by atoms with Crippen LogP contribution in [0.3, 0.4) is 0 Å². The van der Waals surface area contributed by atoms with Gasteiger partial charge in [0.25, 0.3) is 12.0 Å². The predicted octanol–water partition coefficient (Wildman–Crippen LogP) is 4.25. The Morgan fingerprint density at radius 2 is 1.91 bits per heavy atom. The van der Waals surface area contributed by atoms with Gasteiger partial charge in [0.2, 0.25) is 0 Å². The summed E-state index contributed by atoms with van der Waals surface area (Å²) in [6.07, 6.45) is 3.21. The van der Waals surface area contributed by atoms with E-state index < -0.39 is 23.3 Å². The molecule has 32 heavy (non-hydrogen) atoms. The average molecular weight is 442 g/mol. The monoisotopic (exact) mass is 442 g/mol. The molecule has 0 aliphatic heterocycles. The molecule has 1 aromatic carbocycles. The van der Waals surface area contributed by atoms with E-state index in [9.17, 15) is 18.0 Å². The van der Waals surface area contributed by atoms with Crippen molar-refractivity contribution in [2.45, 2.75) is 32.7 Å². The Labute approximate surface area is 181 Å². The molecule has 0 aliphatic rings. The zero-order chi connectivity index (χ0) is 23.2. The standard InChI is InChI=1S/C22H21F3N6O/c1-12-18-15(10-31(21(12)32)13-8-28-30(4)9-13)20(27-11-26-18)29-22(2,3)16-7-5-6-14(17(16)23)19(24)25/h5-11,19H,1-4H3,(H,26,27,29). The molecule has 0 aliphatic carbocycles. The van der Waals surface area contributed by atoms with E-state index in [4.69, 9.17) is 0 Å². The highest BCUT2D eigenvalue weighted by molar-refractivity contribution is 5.90. The molecule has 0 saturated heterocycles. The molecule has 0 spiro atoms. The molecule has 3 aromatic heterocycles. The predicted molar refractivity (Wildman–Crippen MR) is 115 cm³/mol. The molecule has 10 heteroatoms. The van der Waals surface area contributed by atoms with Gasteiger partial charge in [0.15, 0.2) is 0 Å². The summed E-state index contributed by atoms with van der Waals surface area (Å²) in [6, 6.07) is 3.91. The van der Waals surface area contributed by atoms with E-state index in [1.807, 2.05) is 0 Å². The summed E-state index contributed by atoms with van der Waals surface area (Å²) in [4.78, 5) is 21.4. The molecule has 0 amide bonds. The number of hydrogen-bond acceptors (Lipinski definition) is 5. The van der Waals surface area contributed by atoms with E-state index in [1.54, 1.807) is 51.1 Å². The fourth-order valence-electron chi connectivity index (χ4n) is 3.67. The second kappa shape index (κ2) is 7.77.